The topological polar surface area (TPSA) is 18.5 Å². The van der Waals surface area contributed by atoms with Gasteiger partial charge in [-0.1, -0.05) is 13.8 Å². The van der Waals surface area contributed by atoms with Crippen molar-refractivity contribution in [2.24, 2.45) is 39.9 Å². The van der Waals surface area contributed by atoms with Crippen LogP contribution in [-0.4, -0.2) is 21.5 Å². The zero-order valence-corrected chi connectivity index (χ0v) is 18.7. The zero-order valence-electron chi connectivity index (χ0n) is 17.7. The van der Waals surface area contributed by atoms with Gasteiger partial charge in [0, 0.05) is 17.9 Å². The molecular formula is C23H38O2Si. The second-order valence-electron chi connectivity index (χ2n) is 11.7. The summed E-state index contributed by atoms with van der Waals surface area (Å²) in [5, 5.41) is 0. The van der Waals surface area contributed by atoms with E-state index in [1.807, 2.05) is 7.11 Å². The summed E-state index contributed by atoms with van der Waals surface area (Å²) >= 11 is 0. The Morgan fingerprint density at radius 2 is 1.85 bits per heavy atom. The van der Waals surface area contributed by atoms with E-state index in [1.165, 1.54) is 50.7 Å². The summed E-state index contributed by atoms with van der Waals surface area (Å²) in [6.45, 7) is 12.2. The molecule has 3 heteroatoms. The van der Waals surface area contributed by atoms with E-state index >= 15 is 0 Å². The maximum absolute atomic E-state index is 6.61. The van der Waals surface area contributed by atoms with Gasteiger partial charge in [0.15, 0.2) is 0 Å². The van der Waals surface area contributed by atoms with Gasteiger partial charge >= 0.3 is 0 Å². The molecular weight excluding hydrogens is 336 g/mol. The highest BCUT2D eigenvalue weighted by atomic mass is 28.4. The van der Waals surface area contributed by atoms with Crippen LogP contribution in [0.5, 0.6) is 0 Å². The molecule has 0 aromatic carbocycles. The smallest absolute Gasteiger partial charge is 0.241 e. The van der Waals surface area contributed by atoms with E-state index in [4.69, 9.17) is 9.16 Å². The van der Waals surface area contributed by atoms with E-state index in [0.717, 1.165) is 23.7 Å². The minimum atomic E-state index is -1.54. The summed E-state index contributed by atoms with van der Waals surface area (Å²) in [5.41, 5.74) is 1.35. The number of rotatable bonds is 3. The molecule has 5 aliphatic rings. The van der Waals surface area contributed by atoms with Crippen LogP contribution < -0.4 is 0 Å². The molecule has 0 radical (unpaired) electrons. The number of allylic oxidation sites excluding steroid dienone is 2. The summed E-state index contributed by atoms with van der Waals surface area (Å²) in [4.78, 5) is 0. The molecule has 0 heterocycles. The fraction of sp³-hybridized carbons (Fsp3) is 0.913. The number of ether oxygens (including phenoxy) is 1. The van der Waals surface area contributed by atoms with Crippen LogP contribution in [-0.2, 0) is 9.16 Å². The first-order valence-electron chi connectivity index (χ1n) is 11.1. The van der Waals surface area contributed by atoms with E-state index in [2.05, 4.69) is 39.6 Å². The molecule has 0 N–H and O–H groups in total. The van der Waals surface area contributed by atoms with Crippen molar-refractivity contribution in [3.8, 4) is 0 Å². The lowest BCUT2D eigenvalue weighted by atomic mass is 9.46. The number of methoxy groups -OCH3 is 1. The standard InChI is InChI=1S/C23H38O2Si/c1-21-11-10-18-16(17(21)7-8-19(21)25-26(4,5)6)13-20(24-3)23-14-15(23)9-12-22(18,23)2/h8,15-18,20H,7,9-14H2,1-6H3/t15?,16-,17-,18-,20?,21-,22+,23?/m0/s1. The van der Waals surface area contributed by atoms with Gasteiger partial charge in [-0.15, -0.1) is 0 Å². The van der Waals surface area contributed by atoms with Crippen molar-refractivity contribution in [2.45, 2.75) is 84.5 Å². The third kappa shape index (κ3) is 2.03. The summed E-state index contributed by atoms with van der Waals surface area (Å²) in [6, 6.07) is 0. The van der Waals surface area contributed by atoms with Gasteiger partial charge in [0.2, 0.25) is 8.32 Å². The normalized spacial score (nSPS) is 54.7. The van der Waals surface area contributed by atoms with Crippen LogP contribution in [0.1, 0.15) is 58.8 Å². The van der Waals surface area contributed by atoms with Crippen LogP contribution in [0.4, 0.5) is 0 Å². The van der Waals surface area contributed by atoms with Gasteiger partial charge in [0.25, 0.3) is 0 Å². The van der Waals surface area contributed by atoms with Crippen LogP contribution >= 0.6 is 0 Å². The first-order chi connectivity index (χ1) is 12.2. The number of fused-ring (bicyclic) bond motifs is 4. The second-order valence-corrected chi connectivity index (χ2v) is 16.1. The Morgan fingerprint density at radius 1 is 1.08 bits per heavy atom. The van der Waals surface area contributed by atoms with E-state index in [9.17, 15) is 0 Å². The van der Waals surface area contributed by atoms with Crippen LogP contribution in [0.3, 0.4) is 0 Å². The van der Waals surface area contributed by atoms with E-state index in [0.29, 0.717) is 16.9 Å². The fourth-order valence-corrected chi connectivity index (χ4v) is 9.57. The summed E-state index contributed by atoms with van der Waals surface area (Å²) < 4.78 is 12.8. The first-order valence-corrected chi connectivity index (χ1v) is 14.5. The van der Waals surface area contributed by atoms with Crippen LogP contribution in [0.15, 0.2) is 11.8 Å². The molecule has 0 saturated heterocycles. The Labute approximate surface area is 161 Å². The predicted molar refractivity (Wildman–Crippen MR) is 108 cm³/mol. The Hall–Kier alpha value is -0.283. The fourth-order valence-electron chi connectivity index (χ4n) is 8.59. The average Bonchev–Trinajstić information content (AvgIpc) is 3.10. The van der Waals surface area contributed by atoms with Crippen molar-refractivity contribution >= 4 is 8.32 Å². The predicted octanol–water partition coefficient (Wildman–Crippen LogP) is 6.00. The van der Waals surface area contributed by atoms with E-state index in [-0.39, 0.29) is 5.41 Å². The maximum atomic E-state index is 6.61. The molecule has 26 heavy (non-hydrogen) atoms. The Bertz CT molecular complexity index is 651. The van der Waals surface area contributed by atoms with E-state index in [1.54, 1.807) is 0 Å². The van der Waals surface area contributed by atoms with Gasteiger partial charge in [0.05, 0.1) is 11.9 Å². The molecule has 3 unspecified atom stereocenters. The molecule has 0 aromatic heterocycles. The zero-order chi connectivity index (χ0) is 18.5. The SMILES string of the molecule is COC1C[C@H]2[C@@H]3CC=C(O[Si](C)(C)C)[C@@]3(C)CC[C@@H]2[C@@]2(C)CCC3CC312. The lowest BCUT2D eigenvalue weighted by molar-refractivity contribution is -0.155. The van der Waals surface area contributed by atoms with Gasteiger partial charge in [-0.05, 0) is 99.7 Å². The summed E-state index contributed by atoms with van der Waals surface area (Å²) in [6.07, 6.45) is 12.6. The van der Waals surface area contributed by atoms with Gasteiger partial charge < -0.3 is 9.16 Å². The maximum Gasteiger partial charge on any atom is 0.241 e. The van der Waals surface area contributed by atoms with Gasteiger partial charge in [-0.2, -0.15) is 0 Å². The van der Waals surface area contributed by atoms with Gasteiger partial charge in [-0.3, -0.25) is 0 Å². The molecule has 1 spiro atoms. The number of hydrogen-bond donors (Lipinski definition) is 0. The van der Waals surface area contributed by atoms with Crippen LogP contribution in [0.25, 0.3) is 0 Å². The molecule has 5 aliphatic carbocycles. The van der Waals surface area contributed by atoms with Crippen molar-refractivity contribution in [1.29, 1.82) is 0 Å². The monoisotopic (exact) mass is 374 g/mol. The highest BCUT2D eigenvalue weighted by Gasteiger charge is 2.77. The molecule has 146 valence electrons. The third-order valence-electron chi connectivity index (χ3n) is 9.75. The molecule has 4 saturated carbocycles. The number of hydrogen-bond acceptors (Lipinski definition) is 2. The molecule has 2 nitrogen and oxygen atoms in total. The van der Waals surface area contributed by atoms with Crippen LogP contribution in [0, 0.1) is 39.9 Å². The van der Waals surface area contributed by atoms with Crippen molar-refractivity contribution in [2.75, 3.05) is 7.11 Å². The average molecular weight is 375 g/mol. The molecule has 0 aromatic rings. The molecule has 4 fully saturated rings. The van der Waals surface area contributed by atoms with Crippen molar-refractivity contribution in [3.05, 3.63) is 11.8 Å². The lowest BCUT2D eigenvalue weighted by Gasteiger charge is -2.60. The highest BCUT2D eigenvalue weighted by molar-refractivity contribution is 6.70. The quantitative estimate of drug-likeness (QED) is 0.564. The Balaban J connectivity index is 1.47. The van der Waals surface area contributed by atoms with Crippen LogP contribution in [0.2, 0.25) is 19.6 Å². The molecule has 0 bridgehead atoms. The third-order valence-corrected chi connectivity index (χ3v) is 10.6. The molecule has 0 amide bonds. The van der Waals surface area contributed by atoms with Crippen molar-refractivity contribution < 1.29 is 9.16 Å². The van der Waals surface area contributed by atoms with Crippen molar-refractivity contribution in [1.82, 2.24) is 0 Å². The highest BCUT2D eigenvalue weighted by Crippen LogP contribution is 2.81. The summed E-state index contributed by atoms with van der Waals surface area (Å²) in [7, 11) is 0.445. The van der Waals surface area contributed by atoms with Crippen molar-refractivity contribution in [3.63, 3.8) is 0 Å². The van der Waals surface area contributed by atoms with Gasteiger partial charge in [0.1, 0.15) is 0 Å². The largest absolute Gasteiger partial charge is 0.547 e. The first kappa shape index (κ1) is 17.8. The Morgan fingerprint density at radius 3 is 2.50 bits per heavy atom. The summed E-state index contributed by atoms with van der Waals surface area (Å²) in [5.74, 6) is 4.85. The van der Waals surface area contributed by atoms with E-state index < -0.39 is 8.32 Å². The minimum absolute atomic E-state index is 0.280. The molecule has 8 atom stereocenters. The molecule has 5 rings (SSSR count). The van der Waals surface area contributed by atoms with Gasteiger partial charge in [-0.25, -0.2) is 0 Å². The minimum Gasteiger partial charge on any atom is -0.547 e. The molecule has 0 aliphatic heterocycles. The second kappa shape index (κ2) is 5.20. The Kier molecular flexibility index (Phi) is 3.56. The lowest BCUT2D eigenvalue weighted by Crippen LogP contribution is -2.56.